The average Bonchev–Trinajstić information content (AvgIpc) is 3.17. The molecule has 0 N–H and O–H groups in total. The van der Waals surface area contributed by atoms with Gasteiger partial charge < -0.3 is 14.4 Å². The van der Waals surface area contributed by atoms with E-state index in [9.17, 15) is 9.59 Å². The minimum atomic E-state index is -0.593. The minimum absolute atomic E-state index is 0.0111. The first-order chi connectivity index (χ1) is 21.5. The first-order valence-electron chi connectivity index (χ1n) is 15.3. The summed E-state index contributed by atoms with van der Waals surface area (Å²) in [6, 6.07) is 23.5. The van der Waals surface area contributed by atoms with Crippen LogP contribution in [0.1, 0.15) is 92.8 Å². The Kier molecular flexibility index (Phi) is 7.65. The van der Waals surface area contributed by atoms with Crippen molar-refractivity contribution in [3.05, 3.63) is 116 Å². The van der Waals surface area contributed by atoms with Crippen LogP contribution in [-0.2, 0) is 5.41 Å². The molecule has 6 rings (SSSR count). The van der Waals surface area contributed by atoms with Gasteiger partial charge in [0.15, 0.2) is 11.6 Å². The van der Waals surface area contributed by atoms with Gasteiger partial charge in [0.05, 0.1) is 32.7 Å². The lowest BCUT2D eigenvalue weighted by atomic mass is 9.73. The molecule has 0 atom stereocenters. The number of hydrogen-bond donors (Lipinski definition) is 0. The minimum Gasteiger partial charge on any atom is -0.487 e. The summed E-state index contributed by atoms with van der Waals surface area (Å²) in [4.78, 5) is 29.3. The van der Waals surface area contributed by atoms with E-state index in [1.807, 2.05) is 65.8 Å². The lowest BCUT2D eigenvalue weighted by molar-refractivity contribution is 0.0990. The number of rotatable bonds is 4. The van der Waals surface area contributed by atoms with Gasteiger partial charge in [-0.05, 0) is 89.1 Å². The molecule has 2 aliphatic rings. The molecule has 1 aliphatic heterocycles. The van der Waals surface area contributed by atoms with Crippen LogP contribution in [0.2, 0.25) is 10.0 Å². The molecule has 0 saturated carbocycles. The number of allylic oxidation sites excluding steroid dienone is 1. The summed E-state index contributed by atoms with van der Waals surface area (Å²) in [5, 5.41) is 0.435. The summed E-state index contributed by atoms with van der Waals surface area (Å²) in [5.41, 5.74) is 4.81. The third kappa shape index (κ3) is 5.61. The second kappa shape index (κ2) is 11.0. The first-order valence-corrected chi connectivity index (χ1v) is 16.1. The van der Waals surface area contributed by atoms with Crippen molar-refractivity contribution in [3.63, 3.8) is 0 Å². The van der Waals surface area contributed by atoms with E-state index >= 15 is 0 Å². The molecule has 1 heterocycles. The summed E-state index contributed by atoms with van der Waals surface area (Å²) >= 11 is 12.4. The quantitative estimate of drug-likeness (QED) is 0.162. The fourth-order valence-electron chi connectivity index (χ4n) is 6.21. The number of Topliss-reactive ketones (excluding diaryl/α,β-unsaturated/α-hetero) is 2. The van der Waals surface area contributed by atoms with E-state index in [-0.39, 0.29) is 32.2 Å². The van der Waals surface area contributed by atoms with E-state index in [4.69, 9.17) is 32.7 Å². The molecule has 4 aromatic rings. The fourth-order valence-corrected chi connectivity index (χ4v) is 6.54. The molecular weight excluding hydrogens is 617 g/mol. The van der Waals surface area contributed by atoms with Crippen LogP contribution in [0.15, 0.2) is 78.4 Å². The Morgan fingerprint density at radius 1 is 0.652 bits per heavy atom. The Balaban J connectivity index is 1.62. The standard InChI is InChI=1S/C39H37Cl2NO4/c1-37(2,3)45-33-21-32(42-30-15-11-9-13-26(30)39(7,8)27-14-10-12-16-31(27)42)34(46-38(4,5)6)18-22(33)17-25-35(43)23-19-28(40)29(41)20-24(23)36(25)44/h9-21H,1-8H3. The van der Waals surface area contributed by atoms with Gasteiger partial charge in [0, 0.05) is 28.2 Å². The molecule has 0 fully saturated rings. The zero-order valence-electron chi connectivity index (χ0n) is 27.3. The van der Waals surface area contributed by atoms with Crippen molar-refractivity contribution in [3.8, 4) is 11.5 Å². The number of nitrogens with zero attached hydrogens (tertiary/aromatic N) is 1. The average molecular weight is 655 g/mol. The highest BCUT2D eigenvalue weighted by molar-refractivity contribution is 6.46. The van der Waals surface area contributed by atoms with Crippen molar-refractivity contribution in [2.45, 2.75) is 72.0 Å². The Labute approximate surface area is 280 Å². The van der Waals surface area contributed by atoms with Gasteiger partial charge in [-0.3, -0.25) is 9.59 Å². The molecule has 0 amide bonds. The van der Waals surface area contributed by atoms with Gasteiger partial charge in [-0.2, -0.15) is 0 Å². The largest absolute Gasteiger partial charge is 0.487 e. The Bertz CT molecular complexity index is 1870. The predicted octanol–water partition coefficient (Wildman–Crippen LogP) is 10.9. The molecule has 0 aromatic heterocycles. The molecule has 0 unspecified atom stereocenters. The van der Waals surface area contributed by atoms with Crippen LogP contribution < -0.4 is 14.4 Å². The lowest BCUT2D eigenvalue weighted by Crippen LogP contribution is -2.31. The molecule has 7 heteroatoms. The number of carbonyl (C=O) groups is 2. The molecule has 0 spiro atoms. The van der Waals surface area contributed by atoms with Gasteiger partial charge in [-0.25, -0.2) is 0 Å². The molecule has 1 aliphatic carbocycles. The first kappa shape index (κ1) is 31.9. The van der Waals surface area contributed by atoms with Crippen molar-refractivity contribution in [1.82, 2.24) is 0 Å². The maximum Gasteiger partial charge on any atom is 0.197 e. The van der Waals surface area contributed by atoms with E-state index in [1.54, 1.807) is 6.08 Å². The number of hydrogen-bond acceptors (Lipinski definition) is 5. The smallest absolute Gasteiger partial charge is 0.197 e. The molecule has 46 heavy (non-hydrogen) atoms. The Hall–Kier alpha value is -4.06. The van der Waals surface area contributed by atoms with E-state index in [0.29, 0.717) is 17.1 Å². The van der Waals surface area contributed by atoms with Crippen molar-refractivity contribution < 1.29 is 19.1 Å². The number of benzene rings is 4. The van der Waals surface area contributed by atoms with Crippen molar-refractivity contribution in [1.29, 1.82) is 0 Å². The lowest BCUT2D eigenvalue weighted by Gasteiger charge is -2.42. The van der Waals surface area contributed by atoms with Gasteiger partial charge in [0.1, 0.15) is 22.7 Å². The van der Waals surface area contributed by atoms with Crippen molar-refractivity contribution >= 4 is 57.9 Å². The van der Waals surface area contributed by atoms with Crippen LogP contribution in [0.5, 0.6) is 11.5 Å². The van der Waals surface area contributed by atoms with E-state index < -0.39 is 22.8 Å². The van der Waals surface area contributed by atoms with Gasteiger partial charge >= 0.3 is 0 Å². The third-order valence-corrected chi connectivity index (χ3v) is 8.86. The maximum absolute atomic E-state index is 13.6. The molecule has 0 saturated heterocycles. The summed E-state index contributed by atoms with van der Waals surface area (Å²) in [6.45, 7) is 16.3. The number of halogens is 2. The highest BCUT2D eigenvalue weighted by Gasteiger charge is 2.39. The number of ether oxygens (including phenoxy) is 2. The van der Waals surface area contributed by atoms with Gasteiger partial charge in [-0.1, -0.05) is 73.4 Å². The summed E-state index contributed by atoms with van der Waals surface area (Å²) in [7, 11) is 0. The zero-order valence-corrected chi connectivity index (χ0v) is 28.9. The SMILES string of the molecule is CC(C)(C)Oc1cc(N2c3ccccc3C(C)(C)c3ccccc32)c(OC(C)(C)C)cc1C=C1C(=O)c2cc(Cl)c(Cl)cc2C1=O. The van der Waals surface area contributed by atoms with Crippen LogP contribution in [0.4, 0.5) is 17.1 Å². The summed E-state index contributed by atoms with van der Waals surface area (Å²) < 4.78 is 13.2. The Morgan fingerprint density at radius 3 is 1.59 bits per heavy atom. The van der Waals surface area contributed by atoms with Crippen molar-refractivity contribution in [2.24, 2.45) is 0 Å². The molecule has 0 radical (unpaired) electrons. The number of ketones is 2. The van der Waals surface area contributed by atoms with Crippen LogP contribution >= 0.6 is 23.2 Å². The van der Waals surface area contributed by atoms with Crippen LogP contribution in [0.3, 0.4) is 0 Å². The normalized spacial score (nSPS) is 15.3. The highest BCUT2D eigenvalue weighted by atomic mass is 35.5. The predicted molar refractivity (Wildman–Crippen MR) is 187 cm³/mol. The molecule has 4 aromatic carbocycles. The maximum atomic E-state index is 13.6. The number of fused-ring (bicyclic) bond motifs is 3. The topological polar surface area (TPSA) is 55.8 Å². The fraction of sp³-hybridized carbons (Fsp3) is 0.282. The monoisotopic (exact) mass is 653 g/mol. The van der Waals surface area contributed by atoms with E-state index in [1.165, 1.54) is 23.3 Å². The second-order valence-electron chi connectivity index (χ2n) is 14.3. The number of anilines is 3. The summed E-state index contributed by atoms with van der Waals surface area (Å²) in [6.07, 6.45) is 1.59. The van der Waals surface area contributed by atoms with Crippen LogP contribution in [0, 0.1) is 0 Å². The number of carbonyl (C=O) groups excluding carboxylic acids is 2. The Morgan fingerprint density at radius 2 is 1.11 bits per heavy atom. The molecule has 5 nitrogen and oxygen atoms in total. The van der Waals surface area contributed by atoms with Gasteiger partial charge in [-0.15, -0.1) is 0 Å². The van der Waals surface area contributed by atoms with Gasteiger partial charge in [0.25, 0.3) is 0 Å². The van der Waals surface area contributed by atoms with E-state index in [2.05, 4.69) is 55.1 Å². The third-order valence-electron chi connectivity index (χ3n) is 8.14. The molecular formula is C39H37Cl2NO4. The molecule has 0 bridgehead atoms. The molecule has 236 valence electrons. The zero-order chi connectivity index (χ0) is 33.3. The van der Waals surface area contributed by atoms with Crippen molar-refractivity contribution in [2.75, 3.05) is 4.90 Å². The number of para-hydroxylation sites is 2. The van der Waals surface area contributed by atoms with E-state index in [0.717, 1.165) is 17.1 Å². The second-order valence-corrected chi connectivity index (χ2v) is 15.1. The summed E-state index contributed by atoms with van der Waals surface area (Å²) in [5.74, 6) is 0.252. The highest BCUT2D eigenvalue weighted by Crippen LogP contribution is 2.54. The van der Waals surface area contributed by atoms with Crippen LogP contribution in [-0.4, -0.2) is 22.8 Å². The van der Waals surface area contributed by atoms with Crippen LogP contribution in [0.25, 0.3) is 6.08 Å². The van der Waals surface area contributed by atoms with Gasteiger partial charge in [0.2, 0.25) is 0 Å².